The lowest BCUT2D eigenvalue weighted by atomic mass is 9.81. The van der Waals surface area contributed by atoms with Gasteiger partial charge >= 0.3 is 5.97 Å². The van der Waals surface area contributed by atoms with E-state index in [0.29, 0.717) is 17.7 Å². The summed E-state index contributed by atoms with van der Waals surface area (Å²) < 4.78 is 0. The number of carbonyl (C=O) groups excluding carboxylic acids is 2. The highest BCUT2D eigenvalue weighted by Crippen LogP contribution is 2.39. The molecule has 1 rings (SSSR count). The fourth-order valence-electron chi connectivity index (χ4n) is 2.21. The third-order valence-electron chi connectivity index (χ3n) is 3.55. The molecule has 0 aromatic heterocycles. The van der Waals surface area contributed by atoms with Gasteiger partial charge in [-0.25, -0.2) is 4.79 Å². The lowest BCUT2D eigenvalue weighted by molar-refractivity contribution is -0.157. The van der Waals surface area contributed by atoms with Crippen molar-refractivity contribution in [3.8, 4) is 0 Å². The summed E-state index contributed by atoms with van der Waals surface area (Å²) in [5.74, 6) is -2.36. The predicted octanol–water partition coefficient (Wildman–Crippen LogP) is -0.00280. The molecule has 96 valence electrons. The van der Waals surface area contributed by atoms with Crippen LogP contribution in [0.5, 0.6) is 0 Å². The van der Waals surface area contributed by atoms with E-state index in [4.69, 9.17) is 10.2 Å². The van der Waals surface area contributed by atoms with Crippen LogP contribution in [-0.2, 0) is 14.4 Å². The average Bonchev–Trinajstić information content (AvgIpc) is 2.54. The van der Waals surface area contributed by atoms with Crippen molar-refractivity contribution >= 4 is 17.8 Å². The zero-order valence-electron chi connectivity index (χ0n) is 9.97. The normalized spacial score (nSPS) is 20.8. The van der Waals surface area contributed by atoms with Gasteiger partial charge in [-0.3, -0.25) is 14.5 Å². The number of carboxylic acids is 1. The van der Waals surface area contributed by atoms with Gasteiger partial charge in [-0.2, -0.15) is 0 Å². The van der Waals surface area contributed by atoms with Crippen LogP contribution in [0.3, 0.4) is 0 Å². The number of aliphatic hydroxyl groups excluding tert-OH is 1. The van der Waals surface area contributed by atoms with Crippen molar-refractivity contribution in [3.63, 3.8) is 0 Å². The Morgan fingerprint density at radius 2 is 1.94 bits per heavy atom. The molecule has 0 spiro atoms. The van der Waals surface area contributed by atoms with Crippen LogP contribution in [0.15, 0.2) is 0 Å². The Balaban J connectivity index is 3.08. The van der Waals surface area contributed by atoms with Gasteiger partial charge in [0, 0.05) is 6.42 Å². The summed E-state index contributed by atoms with van der Waals surface area (Å²) in [6.07, 6.45) is 1.01. The number of nitrogens with zero attached hydrogens (tertiary/aromatic N) is 1. The van der Waals surface area contributed by atoms with E-state index in [2.05, 4.69) is 0 Å². The Bertz CT molecular complexity index is 348. The van der Waals surface area contributed by atoms with Crippen LogP contribution in [-0.4, -0.2) is 45.5 Å². The molecule has 0 saturated carbocycles. The van der Waals surface area contributed by atoms with Crippen molar-refractivity contribution in [2.24, 2.45) is 5.41 Å². The minimum absolute atomic E-state index is 0.0304. The number of hydrogen-bond acceptors (Lipinski definition) is 4. The summed E-state index contributed by atoms with van der Waals surface area (Å²) in [5, 5.41) is 17.9. The molecule has 2 amide bonds. The molecule has 1 heterocycles. The molecule has 1 unspecified atom stereocenters. The summed E-state index contributed by atoms with van der Waals surface area (Å²) in [6.45, 7) is 2.84. The lowest BCUT2D eigenvalue weighted by Gasteiger charge is -2.26. The van der Waals surface area contributed by atoms with Crippen molar-refractivity contribution < 1.29 is 24.6 Å². The summed E-state index contributed by atoms with van der Waals surface area (Å²) in [6, 6.07) is -1.46. The standard InChI is InChI=1S/C11H17NO5/c1-3-11(4-2)5-8(14)12(10(11)17)7(6-13)9(15)16/h7,13H,3-6H2,1-2H3,(H,15,16). The maximum atomic E-state index is 12.1. The first kappa shape index (κ1) is 13.6. The van der Waals surface area contributed by atoms with E-state index in [1.165, 1.54) is 0 Å². The molecule has 0 aromatic carbocycles. The van der Waals surface area contributed by atoms with Crippen LogP contribution in [0.4, 0.5) is 0 Å². The Morgan fingerprint density at radius 1 is 1.41 bits per heavy atom. The Kier molecular flexibility index (Phi) is 3.87. The van der Waals surface area contributed by atoms with E-state index >= 15 is 0 Å². The molecule has 2 N–H and O–H groups in total. The first-order chi connectivity index (χ1) is 7.93. The molecule has 1 aliphatic heterocycles. The van der Waals surface area contributed by atoms with E-state index in [1.54, 1.807) is 13.8 Å². The molecule has 1 fully saturated rings. The maximum absolute atomic E-state index is 12.1. The number of carbonyl (C=O) groups is 3. The van der Waals surface area contributed by atoms with E-state index in [0.717, 1.165) is 0 Å². The number of carboxylic acid groups (broad SMARTS) is 1. The number of amides is 2. The second-order valence-corrected chi connectivity index (χ2v) is 4.27. The molecule has 1 saturated heterocycles. The molecule has 0 bridgehead atoms. The number of rotatable bonds is 5. The smallest absolute Gasteiger partial charge is 0.329 e. The Hall–Kier alpha value is -1.43. The number of likely N-dealkylation sites (tertiary alicyclic amines) is 1. The first-order valence-electron chi connectivity index (χ1n) is 5.63. The molecule has 1 aliphatic rings. The van der Waals surface area contributed by atoms with Crippen LogP contribution in [0.25, 0.3) is 0 Å². The highest BCUT2D eigenvalue weighted by molar-refractivity contribution is 6.08. The molecule has 6 heteroatoms. The van der Waals surface area contributed by atoms with Crippen molar-refractivity contribution in [3.05, 3.63) is 0 Å². The minimum Gasteiger partial charge on any atom is -0.480 e. The van der Waals surface area contributed by atoms with E-state index < -0.39 is 35.8 Å². The van der Waals surface area contributed by atoms with E-state index in [-0.39, 0.29) is 6.42 Å². The van der Waals surface area contributed by atoms with E-state index in [9.17, 15) is 14.4 Å². The van der Waals surface area contributed by atoms with Gasteiger partial charge in [-0.1, -0.05) is 13.8 Å². The molecule has 0 aliphatic carbocycles. The van der Waals surface area contributed by atoms with Gasteiger partial charge in [0.15, 0.2) is 6.04 Å². The van der Waals surface area contributed by atoms with E-state index in [1.807, 2.05) is 0 Å². The average molecular weight is 243 g/mol. The van der Waals surface area contributed by atoms with Gasteiger partial charge in [-0.15, -0.1) is 0 Å². The van der Waals surface area contributed by atoms with Crippen molar-refractivity contribution in [1.82, 2.24) is 4.90 Å². The highest BCUT2D eigenvalue weighted by atomic mass is 16.4. The van der Waals surface area contributed by atoms with Crippen molar-refractivity contribution in [2.45, 2.75) is 39.2 Å². The quantitative estimate of drug-likeness (QED) is 0.662. The number of hydrogen-bond donors (Lipinski definition) is 2. The van der Waals surface area contributed by atoms with Crippen LogP contribution >= 0.6 is 0 Å². The van der Waals surface area contributed by atoms with Crippen molar-refractivity contribution in [2.75, 3.05) is 6.61 Å². The number of aliphatic carboxylic acids is 1. The molecule has 0 radical (unpaired) electrons. The monoisotopic (exact) mass is 243 g/mol. The van der Waals surface area contributed by atoms with Gasteiger partial charge in [-0.05, 0) is 12.8 Å². The Labute approximate surface area is 99.2 Å². The summed E-state index contributed by atoms with van der Waals surface area (Å²) in [7, 11) is 0. The molecule has 1 atom stereocenters. The predicted molar refractivity (Wildman–Crippen MR) is 58.0 cm³/mol. The van der Waals surface area contributed by atoms with Crippen LogP contribution < -0.4 is 0 Å². The van der Waals surface area contributed by atoms with Gasteiger partial charge in [0.1, 0.15) is 0 Å². The fourth-order valence-corrected chi connectivity index (χ4v) is 2.21. The third kappa shape index (κ3) is 2.04. The summed E-state index contributed by atoms with van der Waals surface area (Å²) in [5.41, 5.74) is -0.792. The zero-order chi connectivity index (χ0) is 13.2. The molecular formula is C11H17NO5. The minimum atomic E-state index is -1.46. The SMILES string of the molecule is CCC1(CC)CC(=O)N(C(CO)C(=O)O)C1=O. The van der Waals surface area contributed by atoms with Crippen molar-refractivity contribution in [1.29, 1.82) is 0 Å². The van der Waals surface area contributed by atoms with Gasteiger partial charge in [0.25, 0.3) is 0 Å². The fraction of sp³-hybridized carbons (Fsp3) is 0.727. The lowest BCUT2D eigenvalue weighted by Crippen LogP contribution is -2.48. The molecule has 17 heavy (non-hydrogen) atoms. The molecule has 6 nitrogen and oxygen atoms in total. The molecular weight excluding hydrogens is 226 g/mol. The highest BCUT2D eigenvalue weighted by Gasteiger charge is 2.52. The Morgan fingerprint density at radius 3 is 2.24 bits per heavy atom. The molecule has 0 aromatic rings. The number of imide groups is 1. The topological polar surface area (TPSA) is 94.9 Å². The summed E-state index contributed by atoms with van der Waals surface area (Å²) in [4.78, 5) is 35.5. The van der Waals surface area contributed by atoms with Crippen LogP contribution in [0.1, 0.15) is 33.1 Å². The largest absolute Gasteiger partial charge is 0.480 e. The number of aliphatic hydroxyl groups is 1. The maximum Gasteiger partial charge on any atom is 0.329 e. The zero-order valence-corrected chi connectivity index (χ0v) is 9.97. The second kappa shape index (κ2) is 4.83. The van der Waals surface area contributed by atoms with Gasteiger partial charge in [0.2, 0.25) is 11.8 Å². The van der Waals surface area contributed by atoms with Crippen LogP contribution in [0.2, 0.25) is 0 Å². The van der Waals surface area contributed by atoms with Gasteiger partial charge < -0.3 is 10.2 Å². The second-order valence-electron chi connectivity index (χ2n) is 4.27. The third-order valence-corrected chi connectivity index (χ3v) is 3.55. The summed E-state index contributed by atoms with van der Waals surface area (Å²) >= 11 is 0. The first-order valence-corrected chi connectivity index (χ1v) is 5.63. The van der Waals surface area contributed by atoms with Gasteiger partial charge in [0.05, 0.1) is 12.0 Å². The van der Waals surface area contributed by atoms with Crippen LogP contribution in [0, 0.1) is 5.41 Å².